The fourth-order valence-electron chi connectivity index (χ4n) is 2.15. The van der Waals surface area contributed by atoms with E-state index in [1.54, 1.807) is 6.07 Å². The molecule has 0 fully saturated rings. The van der Waals surface area contributed by atoms with Gasteiger partial charge in [-0.05, 0) is 36.4 Å². The fraction of sp³-hybridized carbons (Fsp3) is 0.400. The Labute approximate surface area is 129 Å². The number of hydrogen-bond donors (Lipinski definition) is 2. The number of aryl methyl sites for hydroxylation is 1. The van der Waals surface area contributed by atoms with Crippen molar-refractivity contribution in [3.63, 3.8) is 0 Å². The highest BCUT2D eigenvalue weighted by atomic mass is 32.2. The highest BCUT2D eigenvalue weighted by Crippen LogP contribution is 2.13. The number of ether oxygens (including phenoxy) is 1. The molecule has 0 atom stereocenters. The summed E-state index contributed by atoms with van der Waals surface area (Å²) in [7, 11) is -1.91. The molecule has 1 heterocycles. The van der Waals surface area contributed by atoms with Crippen molar-refractivity contribution in [3.05, 3.63) is 45.7 Å². The van der Waals surface area contributed by atoms with Crippen molar-refractivity contribution in [1.82, 2.24) is 9.71 Å². The SMILES string of the molecule is COCCS(=O)(=O)NCCc1cc2ccc(C)cc2[nH]c1=O. The van der Waals surface area contributed by atoms with Gasteiger partial charge in [-0.3, -0.25) is 4.79 Å². The molecule has 0 radical (unpaired) electrons. The third-order valence-electron chi connectivity index (χ3n) is 3.35. The fourth-order valence-corrected chi connectivity index (χ4v) is 3.10. The maximum Gasteiger partial charge on any atom is 0.251 e. The van der Waals surface area contributed by atoms with Gasteiger partial charge in [-0.1, -0.05) is 12.1 Å². The maximum absolute atomic E-state index is 12.0. The van der Waals surface area contributed by atoms with E-state index in [9.17, 15) is 13.2 Å². The second-order valence-corrected chi connectivity index (χ2v) is 7.10. The number of benzene rings is 1. The van der Waals surface area contributed by atoms with E-state index in [1.165, 1.54) is 7.11 Å². The van der Waals surface area contributed by atoms with Gasteiger partial charge >= 0.3 is 0 Å². The van der Waals surface area contributed by atoms with Crippen LogP contribution in [0.1, 0.15) is 11.1 Å². The predicted molar refractivity (Wildman–Crippen MR) is 86.7 cm³/mol. The number of aromatic nitrogens is 1. The molecule has 6 nitrogen and oxygen atoms in total. The Bertz CT molecular complexity index is 812. The molecule has 0 bridgehead atoms. The molecule has 2 aromatic rings. The van der Waals surface area contributed by atoms with Crippen LogP contribution in [0.5, 0.6) is 0 Å². The first kappa shape index (κ1) is 16.7. The van der Waals surface area contributed by atoms with Crippen LogP contribution in [0.2, 0.25) is 0 Å². The van der Waals surface area contributed by atoms with Gasteiger partial charge in [0.25, 0.3) is 5.56 Å². The van der Waals surface area contributed by atoms with Crippen LogP contribution >= 0.6 is 0 Å². The van der Waals surface area contributed by atoms with Crippen LogP contribution in [0.25, 0.3) is 10.9 Å². The van der Waals surface area contributed by atoms with Gasteiger partial charge in [-0.2, -0.15) is 0 Å². The van der Waals surface area contributed by atoms with Crippen molar-refractivity contribution in [1.29, 1.82) is 0 Å². The summed E-state index contributed by atoms with van der Waals surface area (Å²) in [6.45, 7) is 2.29. The predicted octanol–water partition coefficient (Wildman–Crippen LogP) is 0.945. The molecule has 0 amide bonds. The van der Waals surface area contributed by atoms with Crippen molar-refractivity contribution in [2.75, 3.05) is 26.0 Å². The number of pyridine rings is 1. The van der Waals surface area contributed by atoms with Crippen LogP contribution in [-0.2, 0) is 21.2 Å². The van der Waals surface area contributed by atoms with E-state index in [-0.39, 0.29) is 24.5 Å². The molecule has 2 N–H and O–H groups in total. The van der Waals surface area contributed by atoms with Crippen LogP contribution in [0.4, 0.5) is 0 Å². The minimum absolute atomic E-state index is 0.0865. The monoisotopic (exact) mass is 324 g/mol. The number of methoxy groups -OCH3 is 1. The highest BCUT2D eigenvalue weighted by Gasteiger charge is 2.10. The maximum atomic E-state index is 12.0. The zero-order valence-corrected chi connectivity index (χ0v) is 13.5. The Morgan fingerprint density at radius 2 is 2.05 bits per heavy atom. The summed E-state index contributed by atoms with van der Waals surface area (Å²) in [5.74, 6) is -0.0865. The minimum Gasteiger partial charge on any atom is -0.384 e. The number of sulfonamides is 1. The first-order chi connectivity index (χ1) is 10.4. The normalized spacial score (nSPS) is 11.9. The van der Waals surface area contributed by atoms with Gasteiger partial charge in [0.15, 0.2) is 0 Å². The van der Waals surface area contributed by atoms with Gasteiger partial charge in [-0.15, -0.1) is 0 Å². The third kappa shape index (κ3) is 4.40. The van der Waals surface area contributed by atoms with E-state index >= 15 is 0 Å². The van der Waals surface area contributed by atoms with Crippen LogP contribution < -0.4 is 10.3 Å². The van der Waals surface area contributed by atoms with Gasteiger partial charge in [0.2, 0.25) is 10.0 Å². The molecule has 0 aliphatic heterocycles. The summed E-state index contributed by atoms with van der Waals surface area (Å²) < 4.78 is 30.5. The number of H-pyrrole nitrogens is 1. The van der Waals surface area contributed by atoms with Crippen LogP contribution in [0.15, 0.2) is 29.1 Å². The van der Waals surface area contributed by atoms with Gasteiger partial charge < -0.3 is 9.72 Å². The Morgan fingerprint density at radius 1 is 1.27 bits per heavy atom. The third-order valence-corrected chi connectivity index (χ3v) is 4.70. The molecule has 7 heteroatoms. The summed E-state index contributed by atoms with van der Waals surface area (Å²) in [5, 5.41) is 0.933. The molecular weight excluding hydrogens is 304 g/mol. The number of aromatic amines is 1. The van der Waals surface area contributed by atoms with E-state index < -0.39 is 10.0 Å². The quantitative estimate of drug-likeness (QED) is 0.793. The molecule has 22 heavy (non-hydrogen) atoms. The average Bonchev–Trinajstić information content (AvgIpc) is 2.46. The lowest BCUT2D eigenvalue weighted by Gasteiger charge is -2.07. The van der Waals surface area contributed by atoms with Gasteiger partial charge in [0, 0.05) is 24.7 Å². The van der Waals surface area contributed by atoms with Crippen molar-refractivity contribution in [2.45, 2.75) is 13.3 Å². The van der Waals surface area contributed by atoms with Crippen LogP contribution in [-0.4, -0.2) is 39.4 Å². The molecule has 0 aliphatic carbocycles. The van der Waals surface area contributed by atoms with Gasteiger partial charge in [-0.25, -0.2) is 13.1 Å². The summed E-state index contributed by atoms with van der Waals surface area (Å²) in [6.07, 6.45) is 0.339. The largest absolute Gasteiger partial charge is 0.384 e. The molecule has 1 aromatic heterocycles. The topological polar surface area (TPSA) is 88.3 Å². The van der Waals surface area contributed by atoms with Crippen molar-refractivity contribution in [2.24, 2.45) is 0 Å². The van der Waals surface area contributed by atoms with E-state index in [1.807, 2.05) is 25.1 Å². The lowest BCUT2D eigenvalue weighted by molar-refractivity contribution is 0.217. The molecule has 0 saturated heterocycles. The molecular formula is C15H20N2O4S. The number of nitrogens with one attached hydrogen (secondary N) is 2. The Hall–Kier alpha value is -1.70. The minimum atomic E-state index is -3.36. The van der Waals surface area contributed by atoms with Crippen LogP contribution in [0.3, 0.4) is 0 Å². The van der Waals surface area contributed by atoms with Crippen molar-refractivity contribution >= 4 is 20.9 Å². The summed E-state index contributed by atoms with van der Waals surface area (Å²) >= 11 is 0. The van der Waals surface area contributed by atoms with Crippen molar-refractivity contribution in [3.8, 4) is 0 Å². The Morgan fingerprint density at radius 3 is 2.77 bits per heavy atom. The molecule has 120 valence electrons. The van der Waals surface area contributed by atoms with E-state index in [0.717, 1.165) is 16.5 Å². The van der Waals surface area contributed by atoms with E-state index in [4.69, 9.17) is 4.74 Å². The second kappa shape index (κ2) is 7.04. The second-order valence-electron chi connectivity index (χ2n) is 5.17. The summed E-state index contributed by atoms with van der Waals surface area (Å²) in [5.41, 5.74) is 2.23. The molecule has 0 aliphatic rings. The standard InChI is InChI=1S/C15H20N2O4S/c1-11-3-4-12-10-13(15(18)17-14(12)9-11)5-6-16-22(19,20)8-7-21-2/h3-4,9-10,16H,5-8H2,1-2H3,(H,17,18). The lowest BCUT2D eigenvalue weighted by atomic mass is 10.1. The van der Waals surface area contributed by atoms with Crippen LogP contribution in [0, 0.1) is 6.92 Å². The zero-order chi connectivity index (χ0) is 16.2. The number of fused-ring (bicyclic) bond motifs is 1. The average molecular weight is 324 g/mol. The summed E-state index contributed by atoms with van der Waals surface area (Å²) in [6, 6.07) is 7.62. The molecule has 0 saturated carbocycles. The molecule has 0 unspecified atom stereocenters. The molecule has 2 rings (SSSR count). The smallest absolute Gasteiger partial charge is 0.251 e. The van der Waals surface area contributed by atoms with Gasteiger partial charge in [0.1, 0.15) is 0 Å². The van der Waals surface area contributed by atoms with E-state index in [2.05, 4.69) is 9.71 Å². The first-order valence-electron chi connectivity index (χ1n) is 7.00. The summed E-state index contributed by atoms with van der Waals surface area (Å²) in [4.78, 5) is 14.8. The van der Waals surface area contributed by atoms with Crippen molar-refractivity contribution < 1.29 is 13.2 Å². The molecule has 1 aromatic carbocycles. The van der Waals surface area contributed by atoms with E-state index in [0.29, 0.717) is 12.0 Å². The zero-order valence-electron chi connectivity index (χ0n) is 12.7. The number of rotatable bonds is 7. The first-order valence-corrected chi connectivity index (χ1v) is 8.65. The Kier molecular flexibility index (Phi) is 5.33. The van der Waals surface area contributed by atoms with Gasteiger partial charge in [0.05, 0.1) is 12.4 Å². The molecule has 0 spiro atoms. The Balaban J connectivity index is 2.07. The highest BCUT2D eigenvalue weighted by molar-refractivity contribution is 7.89. The number of hydrogen-bond acceptors (Lipinski definition) is 4. The lowest BCUT2D eigenvalue weighted by Crippen LogP contribution is -2.31.